The summed E-state index contributed by atoms with van der Waals surface area (Å²) >= 11 is 0. The van der Waals surface area contributed by atoms with Crippen LogP contribution < -0.4 is 26.0 Å². The molecule has 0 saturated carbocycles. The number of carbonyl (C=O) groups excluding carboxylic acids is 1. The third-order valence-corrected chi connectivity index (χ3v) is 7.97. The van der Waals surface area contributed by atoms with Crippen LogP contribution in [0.15, 0.2) is 71.5 Å². The minimum absolute atomic E-state index is 0.133. The topological polar surface area (TPSA) is 133 Å². The van der Waals surface area contributed by atoms with E-state index in [0.717, 1.165) is 24.0 Å². The second-order valence-corrected chi connectivity index (χ2v) is 10.9. The second-order valence-electron chi connectivity index (χ2n) is 10.9. The number of halogens is 1. The van der Waals surface area contributed by atoms with E-state index in [2.05, 4.69) is 10.2 Å². The molecule has 1 aromatic heterocycles. The number of anilines is 1. The molecule has 11 nitrogen and oxygen atoms in total. The largest absolute Gasteiger partial charge is 0.504 e. The van der Waals surface area contributed by atoms with Gasteiger partial charge in [-0.3, -0.25) is 19.4 Å². The van der Waals surface area contributed by atoms with Gasteiger partial charge in [-0.05, 0) is 53.8 Å². The number of rotatable bonds is 9. The number of aromatic nitrogens is 2. The highest BCUT2D eigenvalue weighted by atomic mass is 19.1. The number of nitrogens with zero attached hydrogens (tertiary/aromatic N) is 4. The number of hydroxylamine groups is 1. The van der Waals surface area contributed by atoms with Crippen molar-refractivity contribution in [2.45, 2.75) is 25.4 Å². The van der Waals surface area contributed by atoms with Gasteiger partial charge < -0.3 is 20.1 Å². The fraction of sp³-hybridized carbons (Fsp3) is 0.235. The molecule has 1 aliphatic heterocycles. The van der Waals surface area contributed by atoms with E-state index in [0.29, 0.717) is 36.7 Å². The molecule has 1 fully saturated rings. The molecule has 0 bridgehead atoms. The summed E-state index contributed by atoms with van der Waals surface area (Å²) in [6, 6.07) is 16.7. The Hall–Kier alpha value is -5.51. The minimum atomic E-state index is -0.716. The summed E-state index contributed by atoms with van der Waals surface area (Å²) in [4.78, 5) is 35.2. The number of aromatic hydroxyl groups is 1. The Labute approximate surface area is 265 Å². The minimum Gasteiger partial charge on any atom is -0.504 e. The predicted molar refractivity (Wildman–Crippen MR) is 172 cm³/mol. The molecule has 2 heterocycles. The fourth-order valence-corrected chi connectivity index (χ4v) is 5.43. The first-order chi connectivity index (χ1) is 22.2. The summed E-state index contributed by atoms with van der Waals surface area (Å²) in [6.07, 6.45) is 4.45. The van der Waals surface area contributed by atoms with E-state index < -0.39 is 11.7 Å². The number of phenols is 1. The van der Waals surface area contributed by atoms with E-state index in [9.17, 15) is 19.1 Å². The van der Waals surface area contributed by atoms with E-state index in [1.54, 1.807) is 36.8 Å². The van der Waals surface area contributed by atoms with E-state index in [4.69, 9.17) is 21.5 Å². The van der Waals surface area contributed by atoms with Gasteiger partial charge in [0, 0.05) is 44.4 Å². The van der Waals surface area contributed by atoms with E-state index in [-0.39, 0.29) is 40.0 Å². The van der Waals surface area contributed by atoms with Gasteiger partial charge in [0.25, 0.3) is 11.5 Å². The average Bonchev–Trinajstić information content (AvgIpc) is 3.08. The summed E-state index contributed by atoms with van der Waals surface area (Å²) in [7, 11) is 3.07. The predicted octanol–water partition coefficient (Wildman–Crippen LogP) is 4.80. The molecule has 1 amide bonds. The van der Waals surface area contributed by atoms with Gasteiger partial charge in [-0.25, -0.2) is 19.7 Å². The molecule has 0 radical (unpaired) electrons. The molecule has 0 aliphatic carbocycles. The average molecular weight is 625 g/mol. The maximum atomic E-state index is 14.8. The Balaban J connectivity index is 1.37. The van der Waals surface area contributed by atoms with Crippen LogP contribution in [0.1, 0.15) is 24.0 Å². The van der Waals surface area contributed by atoms with Gasteiger partial charge in [-0.15, -0.1) is 0 Å². The number of piperidine rings is 1. The highest BCUT2D eigenvalue weighted by Gasteiger charge is 2.26. The number of hydrogen-bond donors (Lipinski definition) is 4. The van der Waals surface area contributed by atoms with Gasteiger partial charge in [-0.2, -0.15) is 0 Å². The third kappa shape index (κ3) is 6.91. The summed E-state index contributed by atoms with van der Waals surface area (Å²) in [6.45, 7) is 9.12. The molecule has 5 rings (SSSR count). The third-order valence-electron chi connectivity index (χ3n) is 7.97. The van der Waals surface area contributed by atoms with Crippen molar-refractivity contribution in [2.24, 2.45) is 7.05 Å². The first-order valence-corrected chi connectivity index (χ1v) is 14.6. The van der Waals surface area contributed by atoms with Crippen molar-refractivity contribution in [3.8, 4) is 33.9 Å². The summed E-state index contributed by atoms with van der Waals surface area (Å²) in [5.41, 5.74) is 4.13. The molecular weight excluding hydrogens is 591 g/mol. The van der Waals surface area contributed by atoms with Crippen molar-refractivity contribution in [1.82, 2.24) is 20.3 Å². The molecule has 46 heavy (non-hydrogen) atoms. The number of carbonyl (C=O) groups is 1. The van der Waals surface area contributed by atoms with Crippen LogP contribution in [-0.2, 0) is 18.4 Å². The Morgan fingerprint density at radius 1 is 1.13 bits per heavy atom. The van der Waals surface area contributed by atoms with Crippen molar-refractivity contribution in [1.29, 1.82) is 0 Å². The molecule has 236 valence electrons. The monoisotopic (exact) mass is 624 g/mol. The lowest BCUT2D eigenvalue weighted by Crippen LogP contribution is -2.44. The lowest BCUT2D eigenvalue weighted by atomic mass is 9.99. The molecule has 1 aliphatic rings. The van der Waals surface area contributed by atoms with Crippen LogP contribution in [0.25, 0.3) is 33.3 Å². The maximum absolute atomic E-state index is 14.8. The summed E-state index contributed by atoms with van der Waals surface area (Å²) in [5.74, 6) is -0.781. The van der Waals surface area contributed by atoms with Crippen LogP contribution in [0, 0.1) is 12.4 Å². The van der Waals surface area contributed by atoms with Gasteiger partial charge in [0.1, 0.15) is 5.82 Å². The van der Waals surface area contributed by atoms with Gasteiger partial charge in [0.15, 0.2) is 11.5 Å². The van der Waals surface area contributed by atoms with Crippen molar-refractivity contribution in [3.05, 3.63) is 105 Å². The van der Waals surface area contributed by atoms with Crippen LogP contribution in [0.5, 0.6) is 11.5 Å². The molecule has 3 aromatic carbocycles. The molecule has 0 atom stereocenters. The van der Waals surface area contributed by atoms with Crippen LogP contribution in [0.2, 0.25) is 0 Å². The Bertz CT molecular complexity index is 1880. The van der Waals surface area contributed by atoms with Crippen LogP contribution in [-0.4, -0.2) is 52.0 Å². The van der Waals surface area contributed by atoms with Crippen LogP contribution in [0.3, 0.4) is 0 Å². The SMILES string of the molecule is [C-]#[N+]c1ccc(-c2nc(N3CCC(NCc4ccc(/C=C/C(=O)NO)cc4)CC3)n(C)c(=O)c2-c2ccc(OC)c(O)c2)cc1F. The van der Waals surface area contributed by atoms with Crippen molar-refractivity contribution in [2.75, 3.05) is 25.1 Å². The molecule has 1 saturated heterocycles. The normalized spacial score (nSPS) is 13.5. The van der Waals surface area contributed by atoms with Crippen molar-refractivity contribution in [3.63, 3.8) is 0 Å². The first-order valence-electron chi connectivity index (χ1n) is 14.6. The fourth-order valence-electron chi connectivity index (χ4n) is 5.43. The van der Waals surface area contributed by atoms with Crippen molar-refractivity contribution < 1.29 is 24.2 Å². The highest BCUT2D eigenvalue weighted by molar-refractivity contribution is 5.90. The number of methoxy groups -OCH3 is 1. The van der Waals surface area contributed by atoms with E-state index in [1.807, 2.05) is 29.2 Å². The summed E-state index contributed by atoms with van der Waals surface area (Å²) in [5, 5.41) is 22.7. The van der Waals surface area contributed by atoms with Gasteiger partial charge >= 0.3 is 0 Å². The molecule has 0 spiro atoms. The zero-order valence-electron chi connectivity index (χ0n) is 25.3. The molecule has 4 aromatic rings. The number of hydrogen-bond acceptors (Lipinski definition) is 8. The zero-order chi connectivity index (χ0) is 32.8. The maximum Gasteiger partial charge on any atom is 0.267 e. The lowest BCUT2D eigenvalue weighted by Gasteiger charge is -2.34. The lowest BCUT2D eigenvalue weighted by molar-refractivity contribution is -0.124. The Morgan fingerprint density at radius 3 is 2.48 bits per heavy atom. The van der Waals surface area contributed by atoms with Crippen molar-refractivity contribution >= 4 is 23.6 Å². The number of benzene rings is 3. The first kappa shape index (κ1) is 31.9. The smallest absolute Gasteiger partial charge is 0.267 e. The second kappa shape index (κ2) is 14.1. The number of nitrogens with one attached hydrogen (secondary N) is 2. The van der Waals surface area contributed by atoms with Crippen LogP contribution in [0.4, 0.5) is 16.0 Å². The number of amides is 1. The quantitative estimate of drug-likeness (QED) is 0.0904. The van der Waals surface area contributed by atoms with Gasteiger partial charge in [-0.1, -0.05) is 42.5 Å². The van der Waals surface area contributed by atoms with Gasteiger partial charge in [0.05, 0.1) is 24.9 Å². The molecule has 4 N–H and O–H groups in total. The Kier molecular flexibility index (Phi) is 9.76. The highest BCUT2D eigenvalue weighted by Crippen LogP contribution is 2.36. The van der Waals surface area contributed by atoms with Crippen LogP contribution >= 0.6 is 0 Å². The number of phenolic OH excluding ortho intramolecular Hbond substituents is 1. The Morgan fingerprint density at radius 2 is 1.85 bits per heavy atom. The standard InChI is InChI=1S/C34H33FN6O5/c1-36-27-11-9-24(18-26(27)35)32-31(23-10-12-29(46-3)28(42)19-23)33(44)40(2)34(38-32)41-16-14-25(15-17-41)37-20-22-6-4-21(5-7-22)8-13-30(43)39-45/h4-13,18-19,25,37,42,45H,14-17,20H2,2-3H3,(H,39,43)/b13-8+. The molecule has 12 heteroatoms. The zero-order valence-corrected chi connectivity index (χ0v) is 25.3. The van der Waals surface area contributed by atoms with E-state index in [1.165, 1.54) is 36.0 Å². The molecule has 0 unspecified atom stereocenters. The van der Waals surface area contributed by atoms with E-state index >= 15 is 0 Å². The van der Waals surface area contributed by atoms with Gasteiger partial charge in [0.2, 0.25) is 11.6 Å². The molecular formula is C34H33FN6O5. The summed E-state index contributed by atoms with van der Waals surface area (Å²) < 4.78 is 21.4. The number of ether oxygens (including phenoxy) is 1.